The minimum absolute atomic E-state index is 0.353. The molecular formula is C18H23NO. The number of nitrogens with one attached hydrogen (secondary N) is 1. The quantitative estimate of drug-likeness (QED) is 0.766. The van der Waals surface area contributed by atoms with Gasteiger partial charge in [-0.25, -0.2) is 0 Å². The average molecular weight is 269 g/mol. The average Bonchev–Trinajstić information content (AvgIpc) is 2.53. The molecule has 0 saturated heterocycles. The Bertz CT molecular complexity index is 493. The lowest BCUT2D eigenvalue weighted by atomic mass is 9.99. The highest BCUT2D eigenvalue weighted by Crippen LogP contribution is 2.23. The van der Waals surface area contributed by atoms with Gasteiger partial charge in [0.05, 0.1) is 0 Å². The summed E-state index contributed by atoms with van der Waals surface area (Å²) in [6.45, 7) is 3.61. The normalized spacial score (nSPS) is 12.3. The van der Waals surface area contributed by atoms with Gasteiger partial charge in [-0.15, -0.1) is 0 Å². The van der Waals surface area contributed by atoms with Crippen molar-refractivity contribution >= 4 is 0 Å². The Morgan fingerprint density at radius 3 is 2.20 bits per heavy atom. The summed E-state index contributed by atoms with van der Waals surface area (Å²) in [6, 6.07) is 19.6. The summed E-state index contributed by atoms with van der Waals surface area (Å²) in [5.74, 6) is 0. The third-order valence-electron chi connectivity index (χ3n) is 3.52. The van der Waals surface area contributed by atoms with Gasteiger partial charge in [0.15, 0.2) is 0 Å². The molecule has 0 bridgehead atoms. The topological polar surface area (TPSA) is 21.3 Å². The first-order valence-electron chi connectivity index (χ1n) is 7.25. The van der Waals surface area contributed by atoms with Crippen molar-refractivity contribution in [1.29, 1.82) is 0 Å². The van der Waals surface area contributed by atoms with Crippen LogP contribution in [-0.2, 0) is 4.74 Å². The molecule has 0 aliphatic carbocycles. The van der Waals surface area contributed by atoms with E-state index in [1.54, 1.807) is 0 Å². The highest BCUT2D eigenvalue weighted by Gasteiger charge is 2.09. The molecule has 0 aliphatic rings. The molecule has 0 fully saturated rings. The fourth-order valence-electron chi connectivity index (χ4n) is 2.36. The number of rotatable bonds is 7. The molecule has 0 aliphatic heterocycles. The van der Waals surface area contributed by atoms with Crippen molar-refractivity contribution in [2.24, 2.45) is 0 Å². The molecule has 1 atom stereocenters. The Balaban J connectivity index is 2.06. The van der Waals surface area contributed by atoms with Crippen molar-refractivity contribution in [3.63, 3.8) is 0 Å². The summed E-state index contributed by atoms with van der Waals surface area (Å²) in [4.78, 5) is 0. The smallest absolute Gasteiger partial charge is 0.0484 e. The number of hydrogen-bond donors (Lipinski definition) is 1. The van der Waals surface area contributed by atoms with Gasteiger partial charge in [0.1, 0.15) is 0 Å². The molecule has 0 spiro atoms. The molecule has 1 unspecified atom stereocenters. The summed E-state index contributed by atoms with van der Waals surface area (Å²) >= 11 is 0. The van der Waals surface area contributed by atoms with E-state index in [-0.39, 0.29) is 0 Å². The number of hydrogen-bond acceptors (Lipinski definition) is 2. The molecule has 1 N–H and O–H groups in total. The van der Waals surface area contributed by atoms with Crippen LogP contribution in [0.4, 0.5) is 0 Å². The lowest BCUT2D eigenvalue weighted by Crippen LogP contribution is -2.18. The van der Waals surface area contributed by atoms with Crippen LogP contribution in [0.15, 0.2) is 54.6 Å². The second-order valence-electron chi connectivity index (χ2n) is 4.81. The summed E-state index contributed by atoms with van der Waals surface area (Å²) < 4.78 is 5.44. The molecule has 2 nitrogen and oxygen atoms in total. The van der Waals surface area contributed by atoms with Crippen molar-refractivity contribution in [1.82, 2.24) is 5.32 Å². The predicted molar refractivity (Wildman–Crippen MR) is 84.8 cm³/mol. The molecule has 2 rings (SSSR count). The van der Waals surface area contributed by atoms with E-state index < -0.39 is 0 Å². The Kier molecular flexibility index (Phi) is 5.78. The van der Waals surface area contributed by atoms with Crippen LogP contribution in [0, 0.1) is 0 Å². The molecular weight excluding hydrogens is 246 g/mol. The Hall–Kier alpha value is -1.64. The van der Waals surface area contributed by atoms with Crippen molar-refractivity contribution in [3.8, 4) is 11.1 Å². The zero-order valence-electron chi connectivity index (χ0n) is 12.3. The zero-order chi connectivity index (χ0) is 14.2. The van der Waals surface area contributed by atoms with Crippen LogP contribution >= 0.6 is 0 Å². The minimum Gasteiger partial charge on any atom is -0.382 e. The number of benzene rings is 2. The highest BCUT2D eigenvalue weighted by atomic mass is 16.5. The van der Waals surface area contributed by atoms with Crippen molar-refractivity contribution < 1.29 is 4.74 Å². The highest BCUT2D eigenvalue weighted by molar-refractivity contribution is 5.63. The molecule has 0 aromatic heterocycles. The van der Waals surface area contributed by atoms with E-state index in [1.807, 2.05) is 20.0 Å². The van der Waals surface area contributed by atoms with Gasteiger partial charge in [0.2, 0.25) is 0 Å². The standard InChI is InChI=1S/C18H23NO/c1-3-20-14-13-18(19-2)17-11-9-16(10-12-17)15-7-5-4-6-8-15/h4-12,18-19H,3,13-14H2,1-2H3. The van der Waals surface area contributed by atoms with Crippen LogP contribution in [-0.4, -0.2) is 20.3 Å². The van der Waals surface area contributed by atoms with E-state index in [0.717, 1.165) is 19.6 Å². The van der Waals surface area contributed by atoms with Crippen LogP contribution < -0.4 is 5.32 Å². The maximum Gasteiger partial charge on any atom is 0.0484 e. The largest absolute Gasteiger partial charge is 0.382 e. The minimum atomic E-state index is 0.353. The van der Waals surface area contributed by atoms with E-state index >= 15 is 0 Å². The van der Waals surface area contributed by atoms with Crippen LogP contribution in [0.1, 0.15) is 24.9 Å². The molecule has 0 heterocycles. The first kappa shape index (κ1) is 14.8. The van der Waals surface area contributed by atoms with Crippen molar-refractivity contribution in [2.45, 2.75) is 19.4 Å². The maximum absolute atomic E-state index is 5.44. The van der Waals surface area contributed by atoms with Crippen LogP contribution in [0.25, 0.3) is 11.1 Å². The monoisotopic (exact) mass is 269 g/mol. The van der Waals surface area contributed by atoms with E-state index in [9.17, 15) is 0 Å². The molecule has 106 valence electrons. The van der Waals surface area contributed by atoms with Gasteiger partial charge >= 0.3 is 0 Å². The third kappa shape index (κ3) is 3.92. The summed E-state index contributed by atoms with van der Waals surface area (Å²) in [5, 5.41) is 3.36. The lowest BCUT2D eigenvalue weighted by Gasteiger charge is -2.17. The van der Waals surface area contributed by atoms with Crippen LogP contribution in [0.5, 0.6) is 0 Å². The van der Waals surface area contributed by atoms with Gasteiger partial charge < -0.3 is 10.1 Å². The first-order chi connectivity index (χ1) is 9.85. The van der Waals surface area contributed by atoms with E-state index in [4.69, 9.17) is 4.74 Å². The Labute approximate surface area is 121 Å². The van der Waals surface area contributed by atoms with Crippen molar-refractivity contribution in [2.75, 3.05) is 20.3 Å². The molecule has 0 saturated carbocycles. The molecule has 20 heavy (non-hydrogen) atoms. The van der Waals surface area contributed by atoms with Gasteiger partial charge in [-0.1, -0.05) is 54.6 Å². The van der Waals surface area contributed by atoms with E-state index in [1.165, 1.54) is 16.7 Å². The van der Waals surface area contributed by atoms with E-state index in [2.05, 4.69) is 53.8 Å². The van der Waals surface area contributed by atoms with Gasteiger partial charge in [-0.3, -0.25) is 0 Å². The van der Waals surface area contributed by atoms with E-state index in [0.29, 0.717) is 6.04 Å². The molecule has 0 radical (unpaired) electrons. The molecule has 2 heteroatoms. The Morgan fingerprint density at radius 2 is 1.60 bits per heavy atom. The SMILES string of the molecule is CCOCCC(NC)c1ccc(-c2ccccc2)cc1. The predicted octanol–water partition coefficient (Wildman–Crippen LogP) is 4.04. The third-order valence-corrected chi connectivity index (χ3v) is 3.52. The van der Waals surface area contributed by atoms with Gasteiger partial charge in [-0.05, 0) is 37.1 Å². The van der Waals surface area contributed by atoms with Gasteiger partial charge in [0, 0.05) is 19.3 Å². The summed E-state index contributed by atoms with van der Waals surface area (Å²) in [5.41, 5.74) is 3.83. The Morgan fingerprint density at radius 1 is 0.950 bits per heavy atom. The first-order valence-corrected chi connectivity index (χ1v) is 7.25. The summed E-state index contributed by atoms with van der Waals surface area (Å²) in [7, 11) is 2.00. The van der Waals surface area contributed by atoms with Gasteiger partial charge in [-0.2, -0.15) is 0 Å². The fraction of sp³-hybridized carbons (Fsp3) is 0.333. The van der Waals surface area contributed by atoms with Crippen LogP contribution in [0.2, 0.25) is 0 Å². The molecule has 2 aromatic rings. The van der Waals surface area contributed by atoms with Gasteiger partial charge in [0.25, 0.3) is 0 Å². The maximum atomic E-state index is 5.44. The lowest BCUT2D eigenvalue weighted by molar-refractivity contribution is 0.137. The second kappa shape index (κ2) is 7.83. The van der Waals surface area contributed by atoms with Crippen LogP contribution in [0.3, 0.4) is 0 Å². The summed E-state index contributed by atoms with van der Waals surface area (Å²) in [6.07, 6.45) is 0.995. The number of ether oxygens (including phenoxy) is 1. The fourth-order valence-corrected chi connectivity index (χ4v) is 2.36. The zero-order valence-corrected chi connectivity index (χ0v) is 12.3. The molecule has 0 amide bonds. The molecule has 2 aromatic carbocycles. The van der Waals surface area contributed by atoms with Crippen molar-refractivity contribution in [3.05, 3.63) is 60.2 Å². The second-order valence-corrected chi connectivity index (χ2v) is 4.81.